The molecule has 0 saturated carbocycles. The van der Waals surface area contributed by atoms with Crippen LogP contribution < -0.4 is 0 Å². The quantitative estimate of drug-likeness (QED) is 0.570. The number of carbonyl (C=O) groups is 1. The Morgan fingerprint density at radius 1 is 1.27 bits per heavy atom. The zero-order valence-electron chi connectivity index (χ0n) is 9.45. The van der Waals surface area contributed by atoms with Gasteiger partial charge in [-0.15, -0.1) is 0 Å². The maximum Gasteiger partial charge on any atom is 0.305 e. The van der Waals surface area contributed by atoms with Gasteiger partial charge in [-0.05, 0) is 30.8 Å². The summed E-state index contributed by atoms with van der Waals surface area (Å²) in [6.07, 6.45) is 4.25. The van der Waals surface area contributed by atoms with Crippen LogP contribution in [0.4, 0.5) is 0 Å². The number of thioether (sulfide) groups is 1. The second-order valence-electron chi connectivity index (χ2n) is 3.71. The lowest BCUT2D eigenvalue weighted by Crippen LogP contribution is -2.12. The van der Waals surface area contributed by atoms with E-state index in [4.69, 9.17) is 5.11 Å². The summed E-state index contributed by atoms with van der Waals surface area (Å²) < 4.78 is 0. The Kier molecular flexibility index (Phi) is 10.2. The van der Waals surface area contributed by atoms with Crippen LogP contribution in [0.1, 0.15) is 45.4 Å². The van der Waals surface area contributed by atoms with Gasteiger partial charge in [0.05, 0.1) is 12.5 Å². The second-order valence-corrected chi connectivity index (χ2v) is 4.94. The highest BCUT2D eigenvalue weighted by Gasteiger charge is 2.08. The van der Waals surface area contributed by atoms with E-state index in [9.17, 15) is 9.90 Å². The predicted molar refractivity (Wildman–Crippen MR) is 64.3 cm³/mol. The first-order valence-corrected chi connectivity index (χ1v) is 6.80. The van der Waals surface area contributed by atoms with Crippen LogP contribution in [-0.2, 0) is 4.79 Å². The van der Waals surface area contributed by atoms with Crippen molar-refractivity contribution in [1.29, 1.82) is 0 Å². The molecular formula is C11H22O3S. The summed E-state index contributed by atoms with van der Waals surface area (Å²) in [5.41, 5.74) is 0. The Labute approximate surface area is 96.3 Å². The maximum atomic E-state index is 10.3. The van der Waals surface area contributed by atoms with Crippen molar-refractivity contribution in [2.75, 3.05) is 11.5 Å². The SMILES string of the molecule is CCCSCCCCC[C@@H](O)CC(=O)O. The first-order valence-electron chi connectivity index (χ1n) is 5.64. The number of aliphatic hydroxyl groups excluding tert-OH is 1. The number of rotatable bonds is 10. The van der Waals surface area contributed by atoms with Crippen LogP contribution in [0.3, 0.4) is 0 Å². The molecule has 90 valence electrons. The minimum absolute atomic E-state index is 0.120. The predicted octanol–water partition coefficient (Wildman–Crippen LogP) is 2.53. The molecule has 0 radical (unpaired) electrons. The van der Waals surface area contributed by atoms with E-state index in [1.165, 1.54) is 24.3 Å². The molecule has 2 N–H and O–H groups in total. The van der Waals surface area contributed by atoms with E-state index >= 15 is 0 Å². The maximum absolute atomic E-state index is 10.3. The van der Waals surface area contributed by atoms with Crippen LogP contribution >= 0.6 is 11.8 Å². The smallest absolute Gasteiger partial charge is 0.305 e. The van der Waals surface area contributed by atoms with E-state index in [1.807, 2.05) is 11.8 Å². The van der Waals surface area contributed by atoms with E-state index in [0.29, 0.717) is 6.42 Å². The van der Waals surface area contributed by atoms with E-state index in [0.717, 1.165) is 12.8 Å². The second kappa shape index (κ2) is 10.3. The van der Waals surface area contributed by atoms with Gasteiger partial charge in [0.2, 0.25) is 0 Å². The molecule has 0 fully saturated rings. The van der Waals surface area contributed by atoms with Gasteiger partial charge in [0.1, 0.15) is 0 Å². The molecule has 0 aliphatic heterocycles. The molecule has 0 heterocycles. The lowest BCUT2D eigenvalue weighted by atomic mass is 10.1. The number of aliphatic carboxylic acids is 1. The number of unbranched alkanes of at least 4 members (excludes halogenated alkanes) is 2. The van der Waals surface area contributed by atoms with E-state index in [1.54, 1.807) is 0 Å². The molecule has 0 unspecified atom stereocenters. The minimum atomic E-state index is -0.916. The van der Waals surface area contributed by atoms with Crippen molar-refractivity contribution in [3.63, 3.8) is 0 Å². The van der Waals surface area contributed by atoms with Crippen molar-refractivity contribution < 1.29 is 15.0 Å². The lowest BCUT2D eigenvalue weighted by Gasteiger charge is -2.06. The Hall–Kier alpha value is -0.220. The molecule has 0 aliphatic carbocycles. The zero-order valence-corrected chi connectivity index (χ0v) is 10.3. The van der Waals surface area contributed by atoms with Crippen molar-refractivity contribution >= 4 is 17.7 Å². The van der Waals surface area contributed by atoms with Gasteiger partial charge < -0.3 is 10.2 Å². The molecule has 0 aromatic carbocycles. The van der Waals surface area contributed by atoms with E-state index < -0.39 is 12.1 Å². The molecule has 0 bridgehead atoms. The summed E-state index contributed by atoms with van der Waals surface area (Å²) in [5.74, 6) is 1.49. The molecule has 4 heteroatoms. The van der Waals surface area contributed by atoms with Gasteiger partial charge in [0.15, 0.2) is 0 Å². The largest absolute Gasteiger partial charge is 0.481 e. The van der Waals surface area contributed by atoms with Crippen LogP contribution in [0, 0.1) is 0 Å². The summed E-state index contributed by atoms with van der Waals surface area (Å²) in [4.78, 5) is 10.3. The van der Waals surface area contributed by atoms with Gasteiger partial charge in [-0.3, -0.25) is 4.79 Å². The average Bonchev–Trinajstić information content (AvgIpc) is 2.15. The monoisotopic (exact) mass is 234 g/mol. The standard InChI is InChI=1S/C11H22O3S/c1-2-7-15-8-5-3-4-6-10(12)9-11(13)14/h10,12H,2-9H2,1H3,(H,13,14)/t10-/m1/s1. The van der Waals surface area contributed by atoms with Crippen LogP contribution in [0.25, 0.3) is 0 Å². The third-order valence-electron chi connectivity index (χ3n) is 2.08. The molecule has 0 aliphatic rings. The molecule has 1 atom stereocenters. The van der Waals surface area contributed by atoms with Gasteiger partial charge in [0, 0.05) is 0 Å². The Bertz CT molecular complexity index is 162. The van der Waals surface area contributed by atoms with Gasteiger partial charge in [-0.25, -0.2) is 0 Å². The molecule has 0 aromatic rings. The molecule has 0 aromatic heterocycles. The first kappa shape index (κ1) is 14.8. The van der Waals surface area contributed by atoms with E-state index in [-0.39, 0.29) is 6.42 Å². The summed E-state index contributed by atoms with van der Waals surface area (Å²) in [5, 5.41) is 17.7. The van der Waals surface area contributed by atoms with Gasteiger partial charge >= 0.3 is 5.97 Å². The highest BCUT2D eigenvalue weighted by Crippen LogP contribution is 2.10. The Morgan fingerprint density at radius 3 is 2.60 bits per heavy atom. The van der Waals surface area contributed by atoms with Crippen molar-refractivity contribution in [2.45, 2.75) is 51.6 Å². The molecule has 0 amide bonds. The third-order valence-corrected chi connectivity index (χ3v) is 3.36. The lowest BCUT2D eigenvalue weighted by molar-refractivity contribution is -0.139. The first-order chi connectivity index (χ1) is 7.16. The molecular weight excluding hydrogens is 212 g/mol. The van der Waals surface area contributed by atoms with Crippen molar-refractivity contribution in [2.24, 2.45) is 0 Å². The van der Waals surface area contributed by atoms with Gasteiger partial charge in [0.25, 0.3) is 0 Å². The summed E-state index contributed by atoms with van der Waals surface area (Å²) in [6, 6.07) is 0. The van der Waals surface area contributed by atoms with Crippen molar-refractivity contribution in [3.05, 3.63) is 0 Å². The van der Waals surface area contributed by atoms with Gasteiger partial charge in [-0.2, -0.15) is 11.8 Å². The number of carboxylic acid groups (broad SMARTS) is 1. The van der Waals surface area contributed by atoms with Gasteiger partial charge in [-0.1, -0.05) is 19.8 Å². The summed E-state index contributed by atoms with van der Waals surface area (Å²) >= 11 is 1.97. The summed E-state index contributed by atoms with van der Waals surface area (Å²) in [7, 11) is 0. The molecule has 0 rings (SSSR count). The molecule has 0 spiro atoms. The van der Waals surface area contributed by atoms with Crippen molar-refractivity contribution in [3.8, 4) is 0 Å². The number of aliphatic hydroxyl groups is 1. The fourth-order valence-corrected chi connectivity index (χ4v) is 2.21. The highest BCUT2D eigenvalue weighted by molar-refractivity contribution is 7.99. The fraction of sp³-hybridized carbons (Fsp3) is 0.909. The van der Waals surface area contributed by atoms with E-state index in [2.05, 4.69) is 6.92 Å². The number of hydrogen-bond donors (Lipinski definition) is 2. The minimum Gasteiger partial charge on any atom is -0.481 e. The van der Waals surface area contributed by atoms with Crippen LogP contribution in [0.2, 0.25) is 0 Å². The topological polar surface area (TPSA) is 57.5 Å². The fourth-order valence-electron chi connectivity index (χ4n) is 1.31. The highest BCUT2D eigenvalue weighted by atomic mass is 32.2. The Balaban J connectivity index is 3.13. The molecule has 15 heavy (non-hydrogen) atoms. The summed E-state index contributed by atoms with van der Waals surface area (Å²) in [6.45, 7) is 2.18. The number of hydrogen-bond acceptors (Lipinski definition) is 3. The number of carboxylic acids is 1. The third kappa shape index (κ3) is 11.7. The normalized spacial score (nSPS) is 12.7. The van der Waals surface area contributed by atoms with Crippen LogP contribution in [0.5, 0.6) is 0 Å². The van der Waals surface area contributed by atoms with Crippen LogP contribution in [-0.4, -0.2) is 33.8 Å². The van der Waals surface area contributed by atoms with Crippen molar-refractivity contribution in [1.82, 2.24) is 0 Å². The Morgan fingerprint density at radius 2 is 2.00 bits per heavy atom. The van der Waals surface area contributed by atoms with Crippen LogP contribution in [0.15, 0.2) is 0 Å². The molecule has 0 saturated heterocycles. The molecule has 3 nitrogen and oxygen atoms in total. The zero-order chi connectivity index (χ0) is 11.5. The average molecular weight is 234 g/mol.